The molecule has 134 valence electrons. The molecule has 0 aliphatic heterocycles. The second-order valence-electron chi connectivity index (χ2n) is 6.27. The van der Waals surface area contributed by atoms with E-state index in [1.807, 2.05) is 24.3 Å². The number of hydrogen-bond acceptors (Lipinski definition) is 4. The van der Waals surface area contributed by atoms with Crippen molar-refractivity contribution < 1.29 is 9.90 Å². The number of carbonyl (C=O) groups is 1. The Labute approximate surface area is 161 Å². The molecule has 2 N–H and O–H groups in total. The van der Waals surface area contributed by atoms with E-state index in [4.69, 9.17) is 11.6 Å². The molecular formula is C20H19ClN2O2S. The first-order valence-electron chi connectivity index (χ1n) is 8.27. The zero-order valence-electron chi connectivity index (χ0n) is 14.5. The molecule has 1 aromatic heterocycles. The van der Waals surface area contributed by atoms with Crippen LogP contribution in [0.25, 0.3) is 11.3 Å². The van der Waals surface area contributed by atoms with E-state index in [1.54, 1.807) is 12.1 Å². The summed E-state index contributed by atoms with van der Waals surface area (Å²) in [5, 5.41) is 13.8. The van der Waals surface area contributed by atoms with Crippen LogP contribution >= 0.6 is 22.9 Å². The Morgan fingerprint density at radius 2 is 1.81 bits per heavy atom. The third-order valence-electron chi connectivity index (χ3n) is 3.96. The van der Waals surface area contributed by atoms with Crippen LogP contribution in [0.4, 0.5) is 10.8 Å². The molecule has 0 saturated heterocycles. The van der Waals surface area contributed by atoms with Crippen LogP contribution in [-0.4, -0.2) is 16.1 Å². The molecular weight excluding hydrogens is 368 g/mol. The number of rotatable bonds is 6. The van der Waals surface area contributed by atoms with Gasteiger partial charge in [0.25, 0.3) is 0 Å². The Balaban J connectivity index is 1.93. The highest BCUT2D eigenvalue weighted by Crippen LogP contribution is 2.34. The van der Waals surface area contributed by atoms with E-state index in [1.165, 1.54) is 16.9 Å². The number of anilines is 2. The van der Waals surface area contributed by atoms with E-state index in [0.717, 1.165) is 16.1 Å². The summed E-state index contributed by atoms with van der Waals surface area (Å²) in [7, 11) is 0. The molecule has 6 heteroatoms. The van der Waals surface area contributed by atoms with E-state index >= 15 is 0 Å². The maximum atomic E-state index is 11.2. The standard InChI is InChI=1S/C20H19ClN2O2S/c1-12(2)13-3-5-14(6-4-13)19-17(11-18(24)25)26-20(23-19)22-16-9-7-15(21)8-10-16/h3-10,12H,11H2,1-2H3,(H,22,23)(H,24,25). The van der Waals surface area contributed by atoms with Crippen molar-refractivity contribution in [3.8, 4) is 11.3 Å². The molecule has 2 aromatic carbocycles. The molecule has 0 aliphatic rings. The van der Waals surface area contributed by atoms with Gasteiger partial charge in [0.1, 0.15) is 0 Å². The summed E-state index contributed by atoms with van der Waals surface area (Å²) in [6.07, 6.45) is -0.0543. The van der Waals surface area contributed by atoms with Crippen LogP contribution in [0.15, 0.2) is 48.5 Å². The monoisotopic (exact) mass is 386 g/mol. The van der Waals surface area contributed by atoms with Gasteiger partial charge in [-0.05, 0) is 35.7 Å². The molecule has 26 heavy (non-hydrogen) atoms. The third-order valence-corrected chi connectivity index (χ3v) is 5.18. The minimum Gasteiger partial charge on any atom is -0.481 e. The summed E-state index contributed by atoms with van der Waals surface area (Å²) in [6.45, 7) is 4.28. The smallest absolute Gasteiger partial charge is 0.308 e. The second-order valence-corrected chi connectivity index (χ2v) is 7.79. The first-order chi connectivity index (χ1) is 12.4. The van der Waals surface area contributed by atoms with Crippen molar-refractivity contribution >= 4 is 39.7 Å². The Hall–Kier alpha value is -2.37. The molecule has 3 rings (SSSR count). The minimum absolute atomic E-state index is 0.0543. The average Bonchev–Trinajstić information content (AvgIpc) is 2.98. The summed E-state index contributed by atoms with van der Waals surface area (Å²) < 4.78 is 0. The Bertz CT molecular complexity index is 903. The van der Waals surface area contributed by atoms with Crippen LogP contribution in [0.5, 0.6) is 0 Å². The zero-order valence-corrected chi connectivity index (χ0v) is 16.1. The second kappa shape index (κ2) is 7.89. The molecule has 0 unspecified atom stereocenters. The van der Waals surface area contributed by atoms with Crippen LogP contribution < -0.4 is 5.32 Å². The molecule has 0 atom stereocenters. The number of carboxylic acid groups (broad SMARTS) is 1. The predicted octanol–water partition coefficient (Wildman–Crippen LogP) is 5.96. The number of nitrogens with zero attached hydrogens (tertiary/aromatic N) is 1. The Morgan fingerprint density at radius 3 is 2.38 bits per heavy atom. The topological polar surface area (TPSA) is 62.2 Å². The third kappa shape index (κ3) is 4.42. The van der Waals surface area contributed by atoms with Crippen molar-refractivity contribution in [2.75, 3.05) is 5.32 Å². The van der Waals surface area contributed by atoms with Crippen molar-refractivity contribution in [2.24, 2.45) is 0 Å². The van der Waals surface area contributed by atoms with Gasteiger partial charge in [-0.25, -0.2) is 4.98 Å². The maximum Gasteiger partial charge on any atom is 0.308 e. The molecule has 0 saturated carbocycles. The maximum absolute atomic E-state index is 11.2. The fourth-order valence-corrected chi connectivity index (χ4v) is 3.69. The number of nitrogens with one attached hydrogen (secondary N) is 1. The van der Waals surface area contributed by atoms with Crippen LogP contribution in [0.2, 0.25) is 5.02 Å². The first kappa shape index (κ1) is 18.4. The number of hydrogen-bond donors (Lipinski definition) is 2. The van der Waals surface area contributed by atoms with Gasteiger partial charge in [0.05, 0.1) is 12.1 Å². The molecule has 3 aromatic rings. The molecule has 0 amide bonds. The lowest BCUT2D eigenvalue weighted by Crippen LogP contribution is -1.99. The van der Waals surface area contributed by atoms with Gasteiger partial charge in [-0.2, -0.15) is 0 Å². The highest BCUT2D eigenvalue weighted by molar-refractivity contribution is 7.16. The van der Waals surface area contributed by atoms with E-state index in [-0.39, 0.29) is 6.42 Å². The number of carboxylic acids is 1. The van der Waals surface area contributed by atoms with Gasteiger partial charge in [0, 0.05) is 21.2 Å². The van der Waals surface area contributed by atoms with Crippen LogP contribution in [0.1, 0.15) is 30.2 Å². The molecule has 1 heterocycles. The fourth-order valence-electron chi connectivity index (χ4n) is 2.57. The van der Waals surface area contributed by atoms with Crippen molar-refractivity contribution in [1.82, 2.24) is 4.98 Å². The Kier molecular flexibility index (Phi) is 5.59. The number of aromatic nitrogens is 1. The van der Waals surface area contributed by atoms with Crippen LogP contribution in [0, 0.1) is 0 Å². The van der Waals surface area contributed by atoms with Gasteiger partial charge < -0.3 is 10.4 Å². The highest BCUT2D eigenvalue weighted by Gasteiger charge is 2.16. The van der Waals surface area contributed by atoms with Crippen LogP contribution in [0.3, 0.4) is 0 Å². The van der Waals surface area contributed by atoms with Crippen molar-refractivity contribution in [2.45, 2.75) is 26.2 Å². The zero-order chi connectivity index (χ0) is 18.7. The van der Waals surface area contributed by atoms with Crippen LogP contribution in [-0.2, 0) is 11.2 Å². The lowest BCUT2D eigenvalue weighted by atomic mass is 10.0. The summed E-state index contributed by atoms with van der Waals surface area (Å²) >= 11 is 7.27. The largest absolute Gasteiger partial charge is 0.481 e. The summed E-state index contributed by atoms with van der Waals surface area (Å²) in [4.78, 5) is 16.6. The normalized spacial score (nSPS) is 10.9. The molecule has 4 nitrogen and oxygen atoms in total. The quantitative estimate of drug-likeness (QED) is 0.548. The molecule has 0 fully saturated rings. The number of benzene rings is 2. The number of halogens is 1. The molecule has 0 radical (unpaired) electrons. The summed E-state index contributed by atoms with van der Waals surface area (Å²) in [6, 6.07) is 15.4. The fraction of sp³-hybridized carbons (Fsp3) is 0.200. The van der Waals surface area contributed by atoms with Gasteiger partial charge in [-0.3, -0.25) is 4.79 Å². The van der Waals surface area contributed by atoms with E-state index in [0.29, 0.717) is 21.8 Å². The van der Waals surface area contributed by atoms with Gasteiger partial charge in [-0.1, -0.05) is 49.7 Å². The lowest BCUT2D eigenvalue weighted by molar-refractivity contribution is -0.136. The highest BCUT2D eigenvalue weighted by atomic mass is 35.5. The lowest BCUT2D eigenvalue weighted by Gasteiger charge is -2.06. The molecule has 0 bridgehead atoms. The predicted molar refractivity (Wildman–Crippen MR) is 108 cm³/mol. The number of thiazole rings is 1. The Morgan fingerprint density at radius 1 is 1.15 bits per heavy atom. The SMILES string of the molecule is CC(C)c1ccc(-c2nc(Nc3ccc(Cl)cc3)sc2CC(=O)O)cc1. The minimum atomic E-state index is -0.869. The molecule has 0 aliphatic carbocycles. The summed E-state index contributed by atoms with van der Waals surface area (Å²) in [5.74, 6) is -0.424. The van der Waals surface area contributed by atoms with Gasteiger partial charge >= 0.3 is 5.97 Å². The summed E-state index contributed by atoms with van der Waals surface area (Å²) in [5.41, 5.74) is 3.73. The number of aliphatic carboxylic acids is 1. The van der Waals surface area contributed by atoms with E-state index < -0.39 is 5.97 Å². The average molecular weight is 387 g/mol. The van der Waals surface area contributed by atoms with Gasteiger partial charge in [-0.15, -0.1) is 11.3 Å². The molecule has 0 spiro atoms. The van der Waals surface area contributed by atoms with Crippen molar-refractivity contribution in [1.29, 1.82) is 0 Å². The van der Waals surface area contributed by atoms with Gasteiger partial charge in [0.15, 0.2) is 5.13 Å². The van der Waals surface area contributed by atoms with Gasteiger partial charge in [0.2, 0.25) is 0 Å². The van der Waals surface area contributed by atoms with Crippen molar-refractivity contribution in [3.63, 3.8) is 0 Å². The van der Waals surface area contributed by atoms with Crippen molar-refractivity contribution in [3.05, 3.63) is 64.0 Å². The van der Waals surface area contributed by atoms with E-state index in [9.17, 15) is 9.90 Å². The van der Waals surface area contributed by atoms with E-state index in [2.05, 4.69) is 36.3 Å². The first-order valence-corrected chi connectivity index (χ1v) is 9.46.